The van der Waals surface area contributed by atoms with Gasteiger partial charge in [-0.05, 0) is 43.5 Å². The molecule has 3 rings (SSSR count). The first-order valence-corrected chi connectivity index (χ1v) is 7.60. The molecule has 1 amide bonds. The van der Waals surface area contributed by atoms with Crippen LogP contribution in [0.3, 0.4) is 0 Å². The van der Waals surface area contributed by atoms with Gasteiger partial charge in [-0.25, -0.2) is 0 Å². The summed E-state index contributed by atoms with van der Waals surface area (Å²) in [5, 5.41) is 2.92. The lowest BCUT2D eigenvalue weighted by Gasteiger charge is -2.27. The van der Waals surface area contributed by atoms with Crippen molar-refractivity contribution in [3.8, 4) is 5.75 Å². The zero-order valence-corrected chi connectivity index (χ0v) is 13.6. The van der Waals surface area contributed by atoms with Crippen LogP contribution in [0.1, 0.15) is 35.2 Å². The van der Waals surface area contributed by atoms with E-state index in [1.165, 1.54) is 6.42 Å². The average Bonchev–Trinajstić information content (AvgIpc) is 2.49. The molecule has 122 valence electrons. The van der Waals surface area contributed by atoms with Gasteiger partial charge in [0.2, 0.25) is 0 Å². The number of carbonyl (C=O) groups excluding carboxylic acids is 1. The Kier molecular flexibility index (Phi) is 5.88. The van der Waals surface area contributed by atoms with Gasteiger partial charge < -0.3 is 15.8 Å². The van der Waals surface area contributed by atoms with Crippen molar-refractivity contribution in [3.05, 3.63) is 59.7 Å². The summed E-state index contributed by atoms with van der Waals surface area (Å²) >= 11 is 0. The topological polar surface area (TPSA) is 64.4 Å². The van der Waals surface area contributed by atoms with Crippen LogP contribution in [0.25, 0.3) is 0 Å². The lowest BCUT2D eigenvalue weighted by atomic mass is 9.96. The lowest BCUT2D eigenvalue weighted by molar-refractivity contribution is 0.0949. The number of nitrogen functional groups attached to an aromatic ring is 1. The van der Waals surface area contributed by atoms with Crippen molar-refractivity contribution >= 4 is 24.0 Å². The largest absolute Gasteiger partial charge is 0.490 e. The van der Waals surface area contributed by atoms with E-state index in [1.54, 1.807) is 24.3 Å². The zero-order chi connectivity index (χ0) is 15.4. The number of hydrogen-bond donors (Lipinski definition) is 2. The summed E-state index contributed by atoms with van der Waals surface area (Å²) in [4.78, 5) is 12.2. The normalized spacial score (nSPS) is 13.6. The van der Waals surface area contributed by atoms with Crippen LogP contribution >= 0.6 is 12.4 Å². The SMILES string of the molecule is Cl.Nc1cccc(C(=O)NCc2ccccc2OC2CCC2)c1. The molecule has 1 fully saturated rings. The fraction of sp³-hybridized carbons (Fsp3) is 0.278. The molecular weight excluding hydrogens is 312 g/mol. The van der Waals surface area contributed by atoms with E-state index in [1.807, 2.05) is 24.3 Å². The Bertz CT molecular complexity index is 672. The van der Waals surface area contributed by atoms with E-state index in [0.717, 1.165) is 24.2 Å². The Balaban J connectivity index is 0.00000192. The van der Waals surface area contributed by atoms with Crippen LogP contribution in [-0.2, 0) is 6.54 Å². The van der Waals surface area contributed by atoms with E-state index in [9.17, 15) is 4.79 Å². The van der Waals surface area contributed by atoms with Crippen molar-refractivity contribution in [2.24, 2.45) is 0 Å². The summed E-state index contributed by atoms with van der Waals surface area (Å²) in [6.07, 6.45) is 3.79. The van der Waals surface area contributed by atoms with Gasteiger partial charge in [-0.1, -0.05) is 24.3 Å². The highest BCUT2D eigenvalue weighted by atomic mass is 35.5. The smallest absolute Gasteiger partial charge is 0.251 e. The summed E-state index contributed by atoms with van der Waals surface area (Å²) < 4.78 is 5.97. The highest BCUT2D eigenvalue weighted by Gasteiger charge is 2.20. The number of ether oxygens (including phenoxy) is 1. The minimum Gasteiger partial charge on any atom is -0.490 e. The summed E-state index contributed by atoms with van der Waals surface area (Å²) in [5.41, 5.74) is 7.85. The second kappa shape index (κ2) is 7.88. The van der Waals surface area contributed by atoms with Gasteiger partial charge >= 0.3 is 0 Å². The molecule has 0 aliphatic heterocycles. The van der Waals surface area contributed by atoms with Crippen LogP contribution in [0.15, 0.2) is 48.5 Å². The van der Waals surface area contributed by atoms with E-state index in [0.29, 0.717) is 23.9 Å². The first kappa shape index (κ1) is 17.2. The van der Waals surface area contributed by atoms with Gasteiger partial charge in [0.15, 0.2) is 0 Å². The van der Waals surface area contributed by atoms with Crippen LogP contribution in [-0.4, -0.2) is 12.0 Å². The third kappa shape index (κ3) is 4.39. The number of anilines is 1. The Labute approximate surface area is 142 Å². The highest BCUT2D eigenvalue weighted by Crippen LogP contribution is 2.27. The minimum atomic E-state index is -0.134. The molecule has 4 nitrogen and oxygen atoms in total. The van der Waals surface area contributed by atoms with E-state index >= 15 is 0 Å². The molecule has 0 atom stereocenters. The number of rotatable bonds is 5. The molecule has 0 heterocycles. The number of carbonyl (C=O) groups is 1. The third-order valence-electron chi connectivity index (χ3n) is 3.91. The van der Waals surface area contributed by atoms with Crippen molar-refractivity contribution < 1.29 is 9.53 Å². The van der Waals surface area contributed by atoms with Crippen molar-refractivity contribution in [1.29, 1.82) is 0 Å². The molecular formula is C18H21ClN2O2. The average molecular weight is 333 g/mol. The van der Waals surface area contributed by atoms with E-state index < -0.39 is 0 Å². The Morgan fingerprint density at radius 2 is 1.96 bits per heavy atom. The van der Waals surface area contributed by atoms with Crippen molar-refractivity contribution in [2.75, 3.05) is 5.73 Å². The van der Waals surface area contributed by atoms with Gasteiger partial charge in [-0.3, -0.25) is 4.79 Å². The number of hydrogen-bond acceptors (Lipinski definition) is 3. The van der Waals surface area contributed by atoms with Crippen molar-refractivity contribution in [3.63, 3.8) is 0 Å². The molecule has 0 aromatic heterocycles. The number of amides is 1. The zero-order valence-electron chi connectivity index (χ0n) is 12.8. The predicted octanol–water partition coefficient (Wildman–Crippen LogP) is 3.55. The van der Waals surface area contributed by atoms with Gasteiger partial charge in [-0.2, -0.15) is 0 Å². The van der Waals surface area contributed by atoms with Gasteiger partial charge in [0.05, 0.1) is 6.10 Å². The molecule has 5 heteroatoms. The molecule has 1 saturated carbocycles. The maximum Gasteiger partial charge on any atom is 0.251 e. The van der Waals surface area contributed by atoms with Crippen LogP contribution in [0.4, 0.5) is 5.69 Å². The molecule has 0 spiro atoms. The van der Waals surface area contributed by atoms with Gasteiger partial charge in [0, 0.05) is 23.4 Å². The number of halogens is 1. The molecule has 23 heavy (non-hydrogen) atoms. The Morgan fingerprint density at radius 3 is 2.65 bits per heavy atom. The quantitative estimate of drug-likeness (QED) is 0.823. The number of nitrogens with one attached hydrogen (secondary N) is 1. The number of nitrogens with two attached hydrogens (primary N) is 1. The second-order valence-electron chi connectivity index (χ2n) is 5.59. The maximum absolute atomic E-state index is 12.2. The van der Waals surface area contributed by atoms with Crippen LogP contribution in [0.2, 0.25) is 0 Å². The molecule has 0 radical (unpaired) electrons. The highest BCUT2D eigenvalue weighted by molar-refractivity contribution is 5.94. The number of para-hydroxylation sites is 1. The molecule has 0 saturated heterocycles. The standard InChI is InChI=1S/C18H20N2O2.ClH/c19-15-7-3-6-13(11-15)18(21)20-12-14-5-1-2-10-17(14)22-16-8-4-9-16;/h1-3,5-7,10-11,16H,4,8-9,12,19H2,(H,20,21);1H. The van der Waals surface area contributed by atoms with E-state index in [-0.39, 0.29) is 18.3 Å². The monoisotopic (exact) mass is 332 g/mol. The molecule has 0 bridgehead atoms. The van der Waals surface area contributed by atoms with Gasteiger partial charge in [0.1, 0.15) is 5.75 Å². The van der Waals surface area contributed by atoms with Gasteiger partial charge in [-0.15, -0.1) is 12.4 Å². The molecule has 0 unspecified atom stereocenters. The summed E-state index contributed by atoms with van der Waals surface area (Å²) in [7, 11) is 0. The summed E-state index contributed by atoms with van der Waals surface area (Å²) in [6, 6.07) is 14.8. The fourth-order valence-corrected chi connectivity index (χ4v) is 2.39. The lowest BCUT2D eigenvalue weighted by Crippen LogP contribution is -2.26. The van der Waals surface area contributed by atoms with Gasteiger partial charge in [0.25, 0.3) is 5.91 Å². The van der Waals surface area contributed by atoms with E-state index in [4.69, 9.17) is 10.5 Å². The summed E-state index contributed by atoms with van der Waals surface area (Å²) in [5.74, 6) is 0.728. The maximum atomic E-state index is 12.2. The molecule has 1 aliphatic rings. The van der Waals surface area contributed by atoms with Crippen LogP contribution in [0.5, 0.6) is 5.75 Å². The van der Waals surface area contributed by atoms with Crippen molar-refractivity contribution in [2.45, 2.75) is 31.9 Å². The third-order valence-corrected chi connectivity index (χ3v) is 3.91. The fourth-order valence-electron chi connectivity index (χ4n) is 2.39. The molecule has 3 N–H and O–H groups in total. The summed E-state index contributed by atoms with van der Waals surface area (Å²) in [6.45, 7) is 0.441. The Morgan fingerprint density at radius 1 is 1.17 bits per heavy atom. The molecule has 2 aromatic rings. The molecule has 2 aromatic carbocycles. The molecule has 1 aliphatic carbocycles. The Hall–Kier alpha value is -2.20. The first-order valence-electron chi connectivity index (χ1n) is 7.60. The predicted molar refractivity (Wildman–Crippen MR) is 94.0 cm³/mol. The number of benzene rings is 2. The van der Waals surface area contributed by atoms with Crippen molar-refractivity contribution in [1.82, 2.24) is 5.32 Å². The van der Waals surface area contributed by atoms with E-state index in [2.05, 4.69) is 5.32 Å². The van der Waals surface area contributed by atoms with Crippen LogP contribution in [0, 0.1) is 0 Å². The minimum absolute atomic E-state index is 0. The van der Waals surface area contributed by atoms with Crippen LogP contribution < -0.4 is 15.8 Å². The first-order chi connectivity index (χ1) is 10.7. The second-order valence-corrected chi connectivity index (χ2v) is 5.59.